The zero-order chi connectivity index (χ0) is 39.9. The molecule has 1 heterocycles. The molecule has 3 aromatic carbocycles. The number of benzene rings is 3. The summed E-state index contributed by atoms with van der Waals surface area (Å²) in [7, 11) is 2.59. The molecular formula is C36H37N3O16. The summed E-state index contributed by atoms with van der Waals surface area (Å²) < 4.78 is 22.5. The molecule has 3 aliphatic rings. The van der Waals surface area contributed by atoms with Crippen molar-refractivity contribution < 1.29 is 73.4 Å². The summed E-state index contributed by atoms with van der Waals surface area (Å²) in [4.78, 5) is 68.7. The lowest BCUT2D eigenvalue weighted by molar-refractivity contribution is -0.384. The third-order valence-corrected chi connectivity index (χ3v) is 9.97. The Labute approximate surface area is 311 Å². The number of carbonyl (C=O) groups is 4. The second-order valence-electron chi connectivity index (χ2n) is 13.2. The number of amides is 1. The molecule has 19 heteroatoms. The van der Waals surface area contributed by atoms with Crippen LogP contribution in [0.4, 0.5) is 10.5 Å². The van der Waals surface area contributed by atoms with Crippen LogP contribution in [-0.2, 0) is 32.1 Å². The van der Waals surface area contributed by atoms with Crippen LogP contribution in [0.5, 0.6) is 23.0 Å². The Morgan fingerprint density at radius 2 is 1.75 bits per heavy atom. The number of nitro groups is 1. The highest BCUT2D eigenvalue weighted by Gasteiger charge is 2.50. The molecule has 1 saturated heterocycles. The van der Waals surface area contributed by atoms with Gasteiger partial charge in [-0.15, -0.1) is 5.48 Å². The van der Waals surface area contributed by atoms with Crippen molar-refractivity contribution in [3.63, 3.8) is 0 Å². The van der Waals surface area contributed by atoms with E-state index in [4.69, 9.17) is 23.8 Å². The number of fused-ring (bicyclic) bond motifs is 3. The van der Waals surface area contributed by atoms with E-state index in [0.717, 1.165) is 0 Å². The molecular weight excluding hydrogens is 730 g/mol. The first-order valence-corrected chi connectivity index (χ1v) is 16.9. The number of hydrogen-bond donors (Lipinski definition) is 7. The third kappa shape index (κ3) is 7.04. The number of hydrogen-bond acceptors (Lipinski definition) is 17. The van der Waals surface area contributed by atoms with Gasteiger partial charge in [-0.3, -0.25) is 24.5 Å². The number of carbonyl (C=O) groups excluding carboxylic acids is 4. The molecule has 0 aromatic heterocycles. The Morgan fingerprint density at radius 1 is 1.04 bits per heavy atom. The van der Waals surface area contributed by atoms with Gasteiger partial charge >= 0.3 is 6.09 Å². The molecule has 7 N–H and O–H groups in total. The molecule has 2 aliphatic carbocycles. The topological polar surface area (TPSA) is 283 Å². The van der Waals surface area contributed by atoms with Crippen molar-refractivity contribution in [2.45, 2.75) is 69.0 Å². The predicted molar refractivity (Wildman–Crippen MR) is 184 cm³/mol. The summed E-state index contributed by atoms with van der Waals surface area (Å²) in [6.45, 7) is 0.223. The molecule has 1 aliphatic heterocycles. The standard InChI is InChI=1S/C36H37N3O16/c1-15-30(42)20(38-55-35(47)37-13-16-7-8-17(39(49)50)9-22(16)52-3)10-25(53-15)54-23-12-36(48,24(41)14-40)11-19-27(23)34(46)29-28(32(19)44)31(43)18-5-4-6-21(51-2)26(18)33(29)45/h4-9,15,20,23,25,30,38,40,42,44,46,48H,10-14H2,1-3H3,(H,37,47)/t15?,20?,23-,25?,30?,36-/m0/s1. The number of ether oxygens (including phenoxy) is 4. The number of ketones is 3. The lowest BCUT2D eigenvalue weighted by atomic mass is 9.72. The number of aromatic hydroxyl groups is 2. The fourth-order valence-electron chi connectivity index (χ4n) is 7.16. The molecule has 6 rings (SSSR count). The van der Waals surface area contributed by atoms with Crippen LogP contribution in [-0.4, -0.2) is 105 Å². The highest BCUT2D eigenvalue weighted by Crippen LogP contribution is 2.52. The number of phenolic OH excluding ortho intramolecular Hbond substituents is 2. The van der Waals surface area contributed by atoms with Gasteiger partial charge in [0.2, 0.25) is 5.78 Å². The van der Waals surface area contributed by atoms with Crippen molar-refractivity contribution >= 4 is 29.1 Å². The van der Waals surface area contributed by atoms with Crippen LogP contribution in [0.3, 0.4) is 0 Å². The molecule has 0 spiro atoms. The van der Waals surface area contributed by atoms with Gasteiger partial charge in [0.05, 0.1) is 66.3 Å². The van der Waals surface area contributed by atoms with Gasteiger partial charge in [0.1, 0.15) is 35.2 Å². The molecule has 0 bridgehead atoms. The minimum absolute atomic E-state index is 0.0393. The number of nitro benzene ring substituents is 1. The third-order valence-electron chi connectivity index (χ3n) is 9.97. The van der Waals surface area contributed by atoms with E-state index in [1.54, 1.807) is 0 Å². The number of aliphatic hydroxyl groups excluding tert-OH is 2. The summed E-state index contributed by atoms with van der Waals surface area (Å²) >= 11 is 0. The van der Waals surface area contributed by atoms with Gasteiger partial charge in [0.25, 0.3) is 5.69 Å². The van der Waals surface area contributed by atoms with Gasteiger partial charge in [-0.2, -0.15) is 0 Å². The van der Waals surface area contributed by atoms with Crippen molar-refractivity contribution in [2.24, 2.45) is 0 Å². The maximum absolute atomic E-state index is 13.9. The van der Waals surface area contributed by atoms with Gasteiger partial charge < -0.3 is 54.6 Å². The number of aliphatic hydroxyl groups is 3. The van der Waals surface area contributed by atoms with E-state index in [1.807, 2.05) is 0 Å². The Kier molecular flexibility index (Phi) is 10.8. The van der Waals surface area contributed by atoms with Gasteiger partial charge in [0.15, 0.2) is 17.9 Å². The lowest BCUT2D eigenvalue weighted by Gasteiger charge is -2.42. The van der Waals surface area contributed by atoms with Gasteiger partial charge in [0, 0.05) is 54.1 Å². The number of Topliss-reactive ketones (excluding diaryl/α,β-unsaturated/α-hetero) is 1. The molecule has 19 nitrogen and oxygen atoms in total. The van der Waals surface area contributed by atoms with Crippen molar-refractivity contribution in [3.8, 4) is 23.0 Å². The average molecular weight is 768 g/mol. The van der Waals surface area contributed by atoms with Crippen LogP contribution in [0.2, 0.25) is 0 Å². The van der Waals surface area contributed by atoms with Crippen LogP contribution < -0.4 is 20.3 Å². The van der Waals surface area contributed by atoms with Crippen LogP contribution >= 0.6 is 0 Å². The van der Waals surface area contributed by atoms with Crippen LogP contribution in [0, 0.1) is 10.1 Å². The molecule has 1 amide bonds. The number of hydroxylamine groups is 1. The van der Waals surface area contributed by atoms with E-state index in [9.17, 15) is 54.8 Å². The number of rotatable bonds is 11. The van der Waals surface area contributed by atoms with Crippen LogP contribution in [0.1, 0.15) is 74.4 Å². The van der Waals surface area contributed by atoms with Gasteiger partial charge in [-0.1, -0.05) is 12.1 Å². The molecule has 292 valence electrons. The summed E-state index contributed by atoms with van der Waals surface area (Å²) in [6, 6.07) is 7.02. The second-order valence-corrected chi connectivity index (χ2v) is 13.2. The Morgan fingerprint density at radius 3 is 2.42 bits per heavy atom. The van der Waals surface area contributed by atoms with Gasteiger partial charge in [-0.25, -0.2) is 4.79 Å². The Bertz CT molecular complexity index is 2090. The first-order chi connectivity index (χ1) is 26.1. The quantitative estimate of drug-likeness (QED) is 0.0645. The van der Waals surface area contributed by atoms with E-state index in [2.05, 4.69) is 10.8 Å². The second kappa shape index (κ2) is 15.2. The molecule has 1 fully saturated rings. The highest BCUT2D eigenvalue weighted by atomic mass is 16.7. The van der Waals surface area contributed by atoms with Crippen molar-refractivity contribution in [3.05, 3.63) is 85.5 Å². The molecule has 6 atom stereocenters. The summed E-state index contributed by atoms with van der Waals surface area (Å²) in [6.07, 6.45) is -7.61. The van der Waals surface area contributed by atoms with Crippen LogP contribution in [0.15, 0.2) is 36.4 Å². The van der Waals surface area contributed by atoms with E-state index >= 15 is 0 Å². The monoisotopic (exact) mass is 767 g/mol. The van der Waals surface area contributed by atoms with Crippen molar-refractivity contribution in [2.75, 3.05) is 20.8 Å². The maximum atomic E-state index is 13.9. The summed E-state index contributed by atoms with van der Waals surface area (Å²) in [5.41, 5.74) is -1.63. The van der Waals surface area contributed by atoms with E-state index < -0.39 is 107 Å². The number of nitrogens with one attached hydrogen (secondary N) is 2. The smallest absolute Gasteiger partial charge is 0.426 e. The predicted octanol–water partition coefficient (Wildman–Crippen LogP) is 1.39. The SMILES string of the molecule is COc1cc([N+](=O)[O-])ccc1CNC(=O)ONC1CC(O[C@H]2C[C@](O)(C(=O)CO)Cc3c(O)c4c(c(O)c32)C(=O)c2c(OC)cccc2C4=O)OC(C)C1O. The van der Waals surface area contributed by atoms with Gasteiger partial charge in [-0.05, 0) is 19.1 Å². The molecule has 0 radical (unpaired) electrons. The number of phenols is 2. The Hall–Kier alpha value is -5.70. The highest BCUT2D eigenvalue weighted by molar-refractivity contribution is 6.31. The van der Waals surface area contributed by atoms with Crippen molar-refractivity contribution in [1.29, 1.82) is 0 Å². The summed E-state index contributed by atoms with van der Waals surface area (Å²) in [5, 5.41) is 68.9. The average Bonchev–Trinajstić information content (AvgIpc) is 3.17. The normalized spacial score (nSPS) is 24.2. The maximum Gasteiger partial charge on any atom is 0.426 e. The Balaban J connectivity index is 1.25. The largest absolute Gasteiger partial charge is 0.507 e. The molecule has 55 heavy (non-hydrogen) atoms. The molecule has 4 unspecified atom stereocenters. The molecule has 3 aromatic rings. The zero-order valence-electron chi connectivity index (χ0n) is 29.6. The first kappa shape index (κ1) is 39.0. The minimum atomic E-state index is -2.38. The van der Waals surface area contributed by atoms with E-state index in [1.165, 1.54) is 57.5 Å². The number of nitrogens with zero attached hydrogens (tertiary/aromatic N) is 1. The van der Waals surface area contributed by atoms with E-state index in [0.29, 0.717) is 5.56 Å². The lowest BCUT2D eigenvalue weighted by Crippen LogP contribution is -2.55. The zero-order valence-corrected chi connectivity index (χ0v) is 29.6. The fraction of sp³-hybridized carbons (Fsp3) is 0.389. The number of non-ortho nitro benzene ring substituents is 1. The van der Waals surface area contributed by atoms with Crippen molar-refractivity contribution in [1.82, 2.24) is 10.8 Å². The molecule has 0 saturated carbocycles. The summed E-state index contributed by atoms with van der Waals surface area (Å²) in [5.74, 6) is -4.09. The minimum Gasteiger partial charge on any atom is -0.507 e. The fourth-order valence-corrected chi connectivity index (χ4v) is 7.16. The van der Waals surface area contributed by atoms with Crippen LogP contribution in [0.25, 0.3) is 0 Å². The van der Waals surface area contributed by atoms with E-state index in [-0.39, 0.29) is 52.4 Å². The number of methoxy groups -OCH3 is 2. The first-order valence-electron chi connectivity index (χ1n) is 16.9.